The van der Waals surface area contributed by atoms with Gasteiger partial charge in [0.2, 0.25) is 5.91 Å². The van der Waals surface area contributed by atoms with Gasteiger partial charge in [0.05, 0.1) is 18.2 Å². The van der Waals surface area contributed by atoms with Crippen molar-refractivity contribution in [1.82, 2.24) is 10.3 Å². The van der Waals surface area contributed by atoms with Crippen LogP contribution in [0.15, 0.2) is 48.8 Å². The predicted octanol–water partition coefficient (Wildman–Crippen LogP) is 1.15. The van der Waals surface area contributed by atoms with Gasteiger partial charge in [-0.15, -0.1) is 0 Å². The summed E-state index contributed by atoms with van der Waals surface area (Å²) in [7, 11) is 0. The Labute approximate surface area is 145 Å². The second-order valence-corrected chi connectivity index (χ2v) is 5.73. The standard InChI is InChI=1S/C18H19N3O4/c19-17(22)12-3-5-14(6-4-12)25-16-11-24-9-7-15(16)21-18(23)13-2-1-8-20-10-13/h1-6,8,10,15-16H,7,9,11H2,(H2,19,22)(H,21,23)/t15-,16-/m1/s1. The third kappa shape index (κ3) is 4.33. The van der Waals surface area contributed by atoms with Crippen LogP contribution < -0.4 is 15.8 Å². The number of benzene rings is 1. The summed E-state index contributed by atoms with van der Waals surface area (Å²) in [6.07, 6.45) is 3.46. The molecule has 0 radical (unpaired) electrons. The minimum atomic E-state index is -0.492. The molecule has 0 unspecified atom stereocenters. The molecule has 0 aliphatic carbocycles. The Kier molecular flexibility index (Phi) is 5.25. The summed E-state index contributed by atoms with van der Waals surface area (Å²) in [5.41, 5.74) is 6.14. The third-order valence-corrected chi connectivity index (χ3v) is 3.97. The summed E-state index contributed by atoms with van der Waals surface area (Å²) >= 11 is 0. The molecule has 2 aromatic rings. The minimum absolute atomic E-state index is 0.183. The number of amides is 2. The SMILES string of the molecule is NC(=O)c1ccc(O[C@@H]2COCC[C@H]2NC(=O)c2cccnc2)cc1. The van der Waals surface area contributed by atoms with E-state index in [0.717, 1.165) is 0 Å². The number of nitrogens with zero attached hydrogens (tertiary/aromatic N) is 1. The van der Waals surface area contributed by atoms with Crippen LogP contribution in [0, 0.1) is 0 Å². The van der Waals surface area contributed by atoms with Gasteiger partial charge in [0.25, 0.3) is 5.91 Å². The van der Waals surface area contributed by atoms with Crippen LogP contribution in [0.1, 0.15) is 27.1 Å². The molecular weight excluding hydrogens is 322 g/mol. The number of carbonyl (C=O) groups is 2. The van der Waals surface area contributed by atoms with E-state index >= 15 is 0 Å². The van der Waals surface area contributed by atoms with Crippen LogP contribution in [-0.4, -0.2) is 42.2 Å². The first-order chi connectivity index (χ1) is 12.1. The molecule has 3 rings (SSSR count). The molecule has 7 nitrogen and oxygen atoms in total. The van der Waals surface area contributed by atoms with Crippen molar-refractivity contribution < 1.29 is 19.1 Å². The Morgan fingerprint density at radius 2 is 2.00 bits per heavy atom. The van der Waals surface area contributed by atoms with E-state index in [0.29, 0.717) is 36.5 Å². The maximum atomic E-state index is 12.3. The minimum Gasteiger partial charge on any atom is -0.486 e. The van der Waals surface area contributed by atoms with Crippen LogP contribution >= 0.6 is 0 Å². The van der Waals surface area contributed by atoms with E-state index < -0.39 is 5.91 Å². The molecule has 130 valence electrons. The molecular formula is C18H19N3O4. The lowest BCUT2D eigenvalue weighted by atomic mass is 10.1. The van der Waals surface area contributed by atoms with E-state index in [1.165, 1.54) is 6.20 Å². The lowest BCUT2D eigenvalue weighted by molar-refractivity contribution is -0.0135. The second-order valence-electron chi connectivity index (χ2n) is 5.73. The molecule has 0 spiro atoms. The maximum absolute atomic E-state index is 12.3. The molecule has 1 aliphatic heterocycles. The summed E-state index contributed by atoms with van der Waals surface area (Å²) in [6.45, 7) is 0.925. The van der Waals surface area contributed by atoms with Crippen molar-refractivity contribution in [1.29, 1.82) is 0 Å². The van der Waals surface area contributed by atoms with Crippen molar-refractivity contribution >= 4 is 11.8 Å². The Bertz CT molecular complexity index is 734. The molecule has 1 aliphatic rings. The molecule has 3 N–H and O–H groups in total. The van der Waals surface area contributed by atoms with Gasteiger partial charge in [-0.05, 0) is 42.8 Å². The van der Waals surface area contributed by atoms with Crippen LogP contribution in [0.3, 0.4) is 0 Å². The zero-order chi connectivity index (χ0) is 17.6. The van der Waals surface area contributed by atoms with Gasteiger partial charge in [-0.2, -0.15) is 0 Å². The lowest BCUT2D eigenvalue weighted by Crippen LogP contribution is -2.51. The molecule has 1 aromatic carbocycles. The van der Waals surface area contributed by atoms with E-state index in [1.54, 1.807) is 42.6 Å². The number of carbonyl (C=O) groups excluding carboxylic acids is 2. The van der Waals surface area contributed by atoms with Crippen LogP contribution in [0.2, 0.25) is 0 Å². The van der Waals surface area contributed by atoms with Crippen molar-refractivity contribution in [2.24, 2.45) is 5.73 Å². The van der Waals surface area contributed by atoms with Crippen molar-refractivity contribution in [3.8, 4) is 5.75 Å². The van der Waals surface area contributed by atoms with Crippen LogP contribution in [0.5, 0.6) is 5.75 Å². The van der Waals surface area contributed by atoms with E-state index in [9.17, 15) is 9.59 Å². The number of ether oxygens (including phenoxy) is 2. The summed E-state index contributed by atoms with van der Waals surface area (Å²) < 4.78 is 11.4. The van der Waals surface area contributed by atoms with Gasteiger partial charge >= 0.3 is 0 Å². The largest absolute Gasteiger partial charge is 0.486 e. The average Bonchev–Trinajstić information content (AvgIpc) is 2.64. The van der Waals surface area contributed by atoms with Crippen molar-refractivity contribution in [3.05, 3.63) is 59.9 Å². The smallest absolute Gasteiger partial charge is 0.253 e. The van der Waals surface area contributed by atoms with Crippen molar-refractivity contribution in [2.45, 2.75) is 18.6 Å². The fraction of sp³-hybridized carbons (Fsp3) is 0.278. The zero-order valence-corrected chi connectivity index (χ0v) is 13.6. The van der Waals surface area contributed by atoms with Gasteiger partial charge in [0.15, 0.2) is 0 Å². The van der Waals surface area contributed by atoms with Crippen molar-refractivity contribution in [3.63, 3.8) is 0 Å². The highest BCUT2D eigenvalue weighted by Crippen LogP contribution is 2.19. The fourth-order valence-electron chi connectivity index (χ4n) is 2.61. The monoisotopic (exact) mass is 341 g/mol. The highest BCUT2D eigenvalue weighted by Gasteiger charge is 2.29. The first-order valence-electron chi connectivity index (χ1n) is 7.98. The highest BCUT2D eigenvalue weighted by molar-refractivity contribution is 5.94. The summed E-state index contributed by atoms with van der Waals surface area (Å²) in [6, 6.07) is 9.79. The van der Waals surface area contributed by atoms with Crippen molar-refractivity contribution in [2.75, 3.05) is 13.2 Å². The summed E-state index contributed by atoms with van der Waals surface area (Å²) in [5, 5.41) is 2.98. The van der Waals surface area contributed by atoms with E-state index in [4.69, 9.17) is 15.2 Å². The number of nitrogens with one attached hydrogen (secondary N) is 1. The van der Waals surface area contributed by atoms with Crippen LogP contribution in [0.25, 0.3) is 0 Å². The highest BCUT2D eigenvalue weighted by atomic mass is 16.5. The Morgan fingerprint density at radius 1 is 1.20 bits per heavy atom. The number of primary amides is 1. The first-order valence-corrected chi connectivity index (χ1v) is 7.98. The molecule has 25 heavy (non-hydrogen) atoms. The topological polar surface area (TPSA) is 104 Å². The van der Waals surface area contributed by atoms with Crippen LogP contribution in [0.4, 0.5) is 0 Å². The normalized spacial score (nSPS) is 19.8. The lowest BCUT2D eigenvalue weighted by Gasteiger charge is -2.32. The van der Waals surface area contributed by atoms with Gasteiger partial charge < -0.3 is 20.5 Å². The molecule has 2 heterocycles. The summed E-state index contributed by atoms with van der Waals surface area (Å²) in [4.78, 5) is 27.4. The summed E-state index contributed by atoms with van der Waals surface area (Å²) in [5.74, 6) is -0.104. The first kappa shape index (κ1) is 16.9. The van der Waals surface area contributed by atoms with E-state index in [-0.39, 0.29) is 18.1 Å². The van der Waals surface area contributed by atoms with Gasteiger partial charge in [0, 0.05) is 24.6 Å². The molecule has 2 amide bonds. The third-order valence-electron chi connectivity index (χ3n) is 3.97. The van der Waals surface area contributed by atoms with Gasteiger partial charge in [0.1, 0.15) is 11.9 Å². The Morgan fingerprint density at radius 3 is 2.68 bits per heavy atom. The number of hydrogen-bond acceptors (Lipinski definition) is 5. The number of pyridine rings is 1. The second kappa shape index (κ2) is 7.76. The number of aromatic nitrogens is 1. The van der Waals surface area contributed by atoms with Gasteiger partial charge in [-0.25, -0.2) is 0 Å². The maximum Gasteiger partial charge on any atom is 0.253 e. The fourth-order valence-corrected chi connectivity index (χ4v) is 2.61. The number of nitrogens with two attached hydrogens (primary N) is 1. The van der Waals surface area contributed by atoms with E-state index in [2.05, 4.69) is 10.3 Å². The molecule has 0 bridgehead atoms. The zero-order valence-electron chi connectivity index (χ0n) is 13.6. The molecule has 1 aromatic heterocycles. The quantitative estimate of drug-likeness (QED) is 0.849. The molecule has 7 heteroatoms. The van der Waals surface area contributed by atoms with Gasteiger partial charge in [-0.1, -0.05) is 0 Å². The number of hydrogen-bond donors (Lipinski definition) is 2. The molecule has 1 fully saturated rings. The molecule has 0 saturated carbocycles. The van der Waals surface area contributed by atoms with E-state index in [1.807, 2.05) is 0 Å². The molecule has 2 atom stereocenters. The number of rotatable bonds is 5. The van der Waals surface area contributed by atoms with Gasteiger partial charge in [-0.3, -0.25) is 14.6 Å². The Balaban J connectivity index is 1.66. The van der Waals surface area contributed by atoms with Crippen LogP contribution in [-0.2, 0) is 4.74 Å². The Hall–Kier alpha value is -2.93. The average molecular weight is 341 g/mol. The predicted molar refractivity (Wildman–Crippen MR) is 90.3 cm³/mol. The molecule has 1 saturated heterocycles.